The van der Waals surface area contributed by atoms with Crippen LogP contribution in [0.4, 0.5) is 5.95 Å². The molecule has 1 fully saturated rings. The van der Waals surface area contributed by atoms with Crippen LogP contribution < -0.4 is 4.90 Å². The van der Waals surface area contributed by atoms with Crippen LogP contribution in [0.3, 0.4) is 0 Å². The highest BCUT2D eigenvalue weighted by Crippen LogP contribution is 2.28. The number of tetrazole rings is 1. The highest BCUT2D eigenvalue weighted by molar-refractivity contribution is 5.74. The Morgan fingerprint density at radius 1 is 1.29 bits per heavy atom. The van der Waals surface area contributed by atoms with Crippen molar-refractivity contribution in [3.63, 3.8) is 0 Å². The lowest BCUT2D eigenvalue weighted by atomic mass is 9.99. The van der Waals surface area contributed by atoms with Gasteiger partial charge in [-0.15, -0.1) is 0 Å². The van der Waals surface area contributed by atoms with E-state index in [1.54, 1.807) is 4.68 Å². The van der Waals surface area contributed by atoms with Gasteiger partial charge in [0.05, 0.1) is 18.7 Å². The second kappa shape index (κ2) is 5.51. The van der Waals surface area contributed by atoms with Crippen LogP contribution in [0.15, 0.2) is 30.3 Å². The lowest BCUT2D eigenvalue weighted by Crippen LogP contribution is -2.26. The molecule has 0 bridgehead atoms. The first kappa shape index (κ1) is 13.5. The summed E-state index contributed by atoms with van der Waals surface area (Å²) in [5.41, 5.74) is 0.895. The number of benzene rings is 1. The predicted molar refractivity (Wildman–Crippen MR) is 76.0 cm³/mol. The summed E-state index contributed by atoms with van der Waals surface area (Å²) in [7, 11) is 1.42. The summed E-state index contributed by atoms with van der Waals surface area (Å²) in [5, 5.41) is 11.9. The fourth-order valence-corrected chi connectivity index (χ4v) is 2.70. The zero-order valence-corrected chi connectivity index (χ0v) is 12.0. The van der Waals surface area contributed by atoms with Crippen molar-refractivity contribution in [3.8, 4) is 5.69 Å². The van der Waals surface area contributed by atoms with Gasteiger partial charge in [0.15, 0.2) is 0 Å². The molecule has 1 aromatic carbocycles. The number of esters is 1. The maximum Gasteiger partial charge on any atom is 0.310 e. The van der Waals surface area contributed by atoms with Crippen LogP contribution in [-0.4, -0.2) is 46.4 Å². The number of para-hydroxylation sites is 1. The molecule has 0 radical (unpaired) electrons. The Bertz CT molecular complexity index is 627. The quantitative estimate of drug-likeness (QED) is 0.781. The van der Waals surface area contributed by atoms with Crippen molar-refractivity contribution in [3.05, 3.63) is 30.3 Å². The molecule has 21 heavy (non-hydrogen) atoms. The molecule has 0 aliphatic carbocycles. The van der Waals surface area contributed by atoms with Crippen LogP contribution in [0.1, 0.15) is 6.92 Å². The highest BCUT2D eigenvalue weighted by Gasteiger charge is 2.37. The number of hydrogen-bond acceptors (Lipinski definition) is 6. The maximum atomic E-state index is 11.8. The third-order valence-electron chi connectivity index (χ3n) is 3.85. The molecule has 0 N–H and O–H groups in total. The molecule has 0 spiro atoms. The van der Waals surface area contributed by atoms with E-state index in [-0.39, 0.29) is 17.8 Å². The lowest BCUT2D eigenvalue weighted by Gasteiger charge is -2.16. The number of rotatable bonds is 3. The van der Waals surface area contributed by atoms with Crippen molar-refractivity contribution in [1.82, 2.24) is 20.2 Å². The smallest absolute Gasteiger partial charge is 0.310 e. The molecule has 0 amide bonds. The fourth-order valence-electron chi connectivity index (χ4n) is 2.70. The first-order chi connectivity index (χ1) is 10.2. The first-order valence-corrected chi connectivity index (χ1v) is 6.87. The van der Waals surface area contributed by atoms with Gasteiger partial charge in [0, 0.05) is 13.1 Å². The van der Waals surface area contributed by atoms with E-state index in [1.165, 1.54) is 7.11 Å². The van der Waals surface area contributed by atoms with E-state index >= 15 is 0 Å². The van der Waals surface area contributed by atoms with Gasteiger partial charge in [-0.2, -0.15) is 4.68 Å². The van der Waals surface area contributed by atoms with E-state index in [0.717, 1.165) is 12.2 Å². The van der Waals surface area contributed by atoms with Gasteiger partial charge in [0.25, 0.3) is 0 Å². The van der Waals surface area contributed by atoms with Crippen LogP contribution in [-0.2, 0) is 9.53 Å². The number of nitrogens with zero attached hydrogens (tertiary/aromatic N) is 5. The van der Waals surface area contributed by atoms with Gasteiger partial charge in [-0.25, -0.2) is 0 Å². The van der Waals surface area contributed by atoms with Crippen LogP contribution in [0.25, 0.3) is 5.69 Å². The van der Waals surface area contributed by atoms with E-state index in [0.29, 0.717) is 12.5 Å². The Hall–Kier alpha value is -2.44. The number of carbonyl (C=O) groups excluding carboxylic acids is 1. The molecule has 1 aliphatic heterocycles. The summed E-state index contributed by atoms with van der Waals surface area (Å²) < 4.78 is 6.55. The number of hydrogen-bond donors (Lipinski definition) is 0. The molecule has 1 aliphatic rings. The van der Waals surface area contributed by atoms with E-state index < -0.39 is 0 Å². The molecule has 110 valence electrons. The summed E-state index contributed by atoms with van der Waals surface area (Å²) in [5.74, 6) is 0.539. The molecule has 2 atom stereocenters. The number of ether oxygens (including phenoxy) is 1. The molecule has 7 heteroatoms. The van der Waals surface area contributed by atoms with E-state index in [4.69, 9.17) is 4.74 Å². The van der Waals surface area contributed by atoms with Gasteiger partial charge >= 0.3 is 5.97 Å². The molecule has 7 nitrogen and oxygen atoms in total. The third-order valence-corrected chi connectivity index (χ3v) is 3.85. The predicted octanol–water partition coefficient (Wildman–Crippen LogP) is 0.908. The Kier molecular flexibility index (Phi) is 3.55. The van der Waals surface area contributed by atoms with Gasteiger partial charge in [-0.3, -0.25) is 4.79 Å². The standard InChI is InChI=1S/C14H17N5O2/c1-10-8-18(9-12(10)13(20)21-2)14-15-16-17-19(14)11-6-4-3-5-7-11/h3-7,10,12H,8-9H2,1-2H3. The Morgan fingerprint density at radius 3 is 2.76 bits per heavy atom. The van der Waals surface area contributed by atoms with Crippen molar-refractivity contribution in [2.75, 3.05) is 25.1 Å². The third kappa shape index (κ3) is 2.46. The molecule has 2 aromatic rings. The molecular weight excluding hydrogens is 270 g/mol. The van der Waals surface area contributed by atoms with Crippen molar-refractivity contribution in [1.29, 1.82) is 0 Å². The average Bonchev–Trinajstić information content (AvgIpc) is 3.13. The Balaban J connectivity index is 1.87. The van der Waals surface area contributed by atoms with Crippen LogP contribution >= 0.6 is 0 Å². The monoisotopic (exact) mass is 287 g/mol. The van der Waals surface area contributed by atoms with Gasteiger partial charge in [-0.05, 0) is 28.5 Å². The van der Waals surface area contributed by atoms with Gasteiger partial charge in [-0.1, -0.05) is 30.2 Å². The highest BCUT2D eigenvalue weighted by atomic mass is 16.5. The number of anilines is 1. The fraction of sp³-hybridized carbons (Fsp3) is 0.429. The number of aromatic nitrogens is 4. The van der Waals surface area contributed by atoms with E-state index in [2.05, 4.69) is 15.5 Å². The van der Waals surface area contributed by atoms with Crippen molar-refractivity contribution in [2.45, 2.75) is 6.92 Å². The maximum absolute atomic E-state index is 11.8. The molecular formula is C14H17N5O2. The average molecular weight is 287 g/mol. The lowest BCUT2D eigenvalue weighted by molar-refractivity contribution is -0.145. The van der Waals surface area contributed by atoms with Crippen LogP contribution in [0.2, 0.25) is 0 Å². The molecule has 1 saturated heterocycles. The molecule has 3 rings (SSSR count). The largest absolute Gasteiger partial charge is 0.469 e. The summed E-state index contributed by atoms with van der Waals surface area (Å²) in [4.78, 5) is 13.8. The SMILES string of the molecule is COC(=O)C1CN(c2nnnn2-c2ccccc2)CC1C. The first-order valence-electron chi connectivity index (χ1n) is 6.87. The summed E-state index contributed by atoms with van der Waals surface area (Å²) in [6.07, 6.45) is 0. The van der Waals surface area contributed by atoms with Gasteiger partial charge < -0.3 is 9.64 Å². The van der Waals surface area contributed by atoms with Crippen molar-refractivity contribution >= 4 is 11.9 Å². The Labute approximate surface area is 122 Å². The van der Waals surface area contributed by atoms with Crippen molar-refractivity contribution < 1.29 is 9.53 Å². The Morgan fingerprint density at radius 2 is 2.05 bits per heavy atom. The molecule has 0 saturated carbocycles. The van der Waals surface area contributed by atoms with Gasteiger partial charge in [0.1, 0.15) is 0 Å². The second-order valence-electron chi connectivity index (χ2n) is 5.24. The van der Waals surface area contributed by atoms with Gasteiger partial charge in [0.2, 0.25) is 5.95 Å². The minimum Gasteiger partial charge on any atom is -0.469 e. The summed E-state index contributed by atoms with van der Waals surface area (Å²) >= 11 is 0. The number of carbonyl (C=O) groups is 1. The van der Waals surface area contributed by atoms with Crippen LogP contribution in [0, 0.1) is 11.8 Å². The summed E-state index contributed by atoms with van der Waals surface area (Å²) in [6.45, 7) is 3.34. The van der Waals surface area contributed by atoms with Crippen molar-refractivity contribution in [2.24, 2.45) is 11.8 Å². The topological polar surface area (TPSA) is 73.1 Å². The molecule has 2 heterocycles. The normalized spacial score (nSPS) is 21.5. The minimum atomic E-state index is -0.177. The zero-order chi connectivity index (χ0) is 14.8. The molecule has 2 unspecified atom stereocenters. The number of methoxy groups -OCH3 is 1. The second-order valence-corrected chi connectivity index (χ2v) is 5.24. The molecule has 1 aromatic heterocycles. The van der Waals surface area contributed by atoms with E-state index in [1.807, 2.05) is 42.2 Å². The zero-order valence-electron chi connectivity index (χ0n) is 12.0. The minimum absolute atomic E-state index is 0.143. The summed E-state index contributed by atoms with van der Waals surface area (Å²) in [6, 6.07) is 9.70. The van der Waals surface area contributed by atoms with E-state index in [9.17, 15) is 4.79 Å². The van der Waals surface area contributed by atoms with Crippen LogP contribution in [0.5, 0.6) is 0 Å².